The number of anilines is 1. The second kappa shape index (κ2) is 17.8. The van der Waals surface area contributed by atoms with E-state index in [2.05, 4.69) is 16.9 Å². The standard InChI is InChI=1S/C14H24Cl2N2O2S.C9H8ClNO/c1-4-21(19,20)10-9-18(3)12-17-8-6-5-7-14(16)11-13(2)15;1-2-9(12)11-8-5-3-7(10)4-6-8/h5-6,8,11,14H,4,7,9-10,12H2,1-3H3;2-6H,1H2,(H,11,12)/b6-5+,13-11+,17-8+;. The van der Waals surface area contributed by atoms with Crippen LogP contribution in [0.5, 0.6) is 0 Å². The summed E-state index contributed by atoms with van der Waals surface area (Å²) in [6, 6.07) is 6.87. The first-order valence-corrected chi connectivity index (χ1v) is 13.2. The molecule has 10 heteroatoms. The zero-order valence-electron chi connectivity index (χ0n) is 19.2. The number of carbonyl (C=O) groups excluding carboxylic acids is 1. The van der Waals surface area contributed by atoms with Gasteiger partial charge in [-0.25, -0.2) is 8.42 Å². The molecular weight excluding hydrogens is 505 g/mol. The highest BCUT2D eigenvalue weighted by molar-refractivity contribution is 7.91. The van der Waals surface area contributed by atoms with Crippen LogP contribution in [0.25, 0.3) is 0 Å². The minimum absolute atomic E-state index is 0.117. The summed E-state index contributed by atoms with van der Waals surface area (Å²) in [5, 5.41) is 3.81. The minimum Gasteiger partial charge on any atom is -0.323 e. The van der Waals surface area contributed by atoms with Gasteiger partial charge < -0.3 is 5.32 Å². The van der Waals surface area contributed by atoms with Gasteiger partial charge in [-0.2, -0.15) is 0 Å². The number of benzene rings is 1. The number of halogens is 3. The van der Waals surface area contributed by atoms with E-state index in [1.54, 1.807) is 50.4 Å². The third kappa shape index (κ3) is 18.5. The molecule has 0 aliphatic rings. The number of nitrogens with zero attached hydrogens (tertiary/aromatic N) is 2. The van der Waals surface area contributed by atoms with Crippen LogP contribution >= 0.6 is 34.8 Å². The molecule has 0 fully saturated rings. The first kappa shape index (κ1) is 31.4. The molecule has 0 aromatic heterocycles. The van der Waals surface area contributed by atoms with E-state index in [9.17, 15) is 13.2 Å². The van der Waals surface area contributed by atoms with Crippen LogP contribution in [0.1, 0.15) is 20.3 Å². The molecule has 0 aliphatic heterocycles. The number of alkyl halides is 1. The van der Waals surface area contributed by atoms with Crippen LogP contribution < -0.4 is 5.32 Å². The molecule has 1 rings (SSSR count). The Balaban J connectivity index is 0.000000716. The van der Waals surface area contributed by atoms with E-state index >= 15 is 0 Å². The van der Waals surface area contributed by atoms with Crippen LogP contribution in [-0.2, 0) is 14.6 Å². The van der Waals surface area contributed by atoms with Crippen LogP contribution in [0, 0.1) is 0 Å². The van der Waals surface area contributed by atoms with E-state index in [0.717, 1.165) is 0 Å². The van der Waals surface area contributed by atoms with Gasteiger partial charge in [0.25, 0.3) is 0 Å². The summed E-state index contributed by atoms with van der Waals surface area (Å²) in [6.45, 7) is 7.73. The first-order chi connectivity index (χ1) is 15.5. The molecule has 1 aromatic carbocycles. The van der Waals surface area contributed by atoms with E-state index in [1.807, 2.05) is 24.1 Å². The number of rotatable bonds is 12. The van der Waals surface area contributed by atoms with E-state index in [0.29, 0.717) is 35.4 Å². The van der Waals surface area contributed by atoms with Gasteiger partial charge in [0.05, 0.1) is 17.8 Å². The summed E-state index contributed by atoms with van der Waals surface area (Å²) < 4.78 is 22.7. The summed E-state index contributed by atoms with van der Waals surface area (Å²) in [7, 11) is -1.07. The van der Waals surface area contributed by atoms with Crippen molar-refractivity contribution >= 4 is 62.4 Å². The third-order valence-electron chi connectivity index (χ3n) is 3.94. The predicted octanol–water partition coefficient (Wildman–Crippen LogP) is 5.54. The molecular formula is C23H32Cl3N3O3S. The van der Waals surface area contributed by atoms with Crippen LogP contribution in [0.15, 0.2) is 65.2 Å². The second-order valence-electron chi connectivity index (χ2n) is 6.92. The van der Waals surface area contributed by atoms with Gasteiger partial charge in [0.1, 0.15) is 0 Å². The zero-order valence-corrected chi connectivity index (χ0v) is 22.3. The minimum atomic E-state index is -2.91. The van der Waals surface area contributed by atoms with E-state index < -0.39 is 9.84 Å². The maximum atomic E-state index is 11.4. The number of aliphatic imine (C=N–C) groups is 1. The predicted molar refractivity (Wildman–Crippen MR) is 144 cm³/mol. The smallest absolute Gasteiger partial charge is 0.247 e. The first-order valence-electron chi connectivity index (χ1n) is 10.2. The van der Waals surface area contributed by atoms with Gasteiger partial charge in [-0.3, -0.25) is 14.7 Å². The van der Waals surface area contributed by atoms with Gasteiger partial charge >= 0.3 is 0 Å². The Bertz CT molecular complexity index is 911. The van der Waals surface area contributed by atoms with Crippen molar-refractivity contribution in [3.05, 3.63) is 65.2 Å². The van der Waals surface area contributed by atoms with Gasteiger partial charge in [-0.15, -0.1) is 11.6 Å². The molecule has 1 unspecified atom stereocenters. The SMILES string of the molecule is C=CC(=O)Nc1ccc(Cl)cc1.CCS(=O)(=O)CCN(C)C/N=C/C=C/CC(Cl)/C=C(\C)Cl. The summed E-state index contributed by atoms with van der Waals surface area (Å²) in [4.78, 5) is 16.9. The van der Waals surface area contributed by atoms with Crippen molar-refractivity contribution < 1.29 is 13.2 Å². The average molecular weight is 537 g/mol. The molecule has 0 aliphatic carbocycles. The van der Waals surface area contributed by atoms with Crippen LogP contribution in [0.3, 0.4) is 0 Å². The molecule has 0 heterocycles. The summed E-state index contributed by atoms with van der Waals surface area (Å²) in [5.74, 6) is 0.129. The molecule has 0 radical (unpaired) electrons. The molecule has 0 saturated heterocycles. The monoisotopic (exact) mass is 535 g/mol. The molecule has 1 atom stereocenters. The maximum Gasteiger partial charge on any atom is 0.247 e. The molecule has 0 spiro atoms. The van der Waals surface area contributed by atoms with Crippen molar-refractivity contribution in [3.63, 3.8) is 0 Å². The van der Waals surface area contributed by atoms with Crippen molar-refractivity contribution in [2.75, 3.05) is 37.1 Å². The molecule has 0 bridgehead atoms. The Morgan fingerprint density at radius 1 is 1.30 bits per heavy atom. The van der Waals surface area contributed by atoms with Crippen LogP contribution in [0.4, 0.5) is 5.69 Å². The molecule has 0 saturated carbocycles. The molecule has 1 aromatic rings. The maximum absolute atomic E-state index is 11.4. The summed E-state index contributed by atoms with van der Waals surface area (Å²) in [6.07, 6.45) is 9.11. The van der Waals surface area contributed by atoms with Crippen molar-refractivity contribution in [1.82, 2.24) is 4.90 Å². The van der Waals surface area contributed by atoms with E-state index in [-0.39, 0.29) is 22.8 Å². The average Bonchev–Trinajstić information content (AvgIpc) is 2.76. The van der Waals surface area contributed by atoms with Gasteiger partial charge in [-0.05, 0) is 56.8 Å². The Morgan fingerprint density at radius 2 is 1.94 bits per heavy atom. The van der Waals surface area contributed by atoms with Crippen molar-refractivity contribution in [2.45, 2.75) is 25.6 Å². The second-order valence-corrected chi connectivity index (χ2v) is 11.0. The van der Waals surface area contributed by atoms with Gasteiger partial charge in [0, 0.05) is 34.3 Å². The quantitative estimate of drug-likeness (QED) is 0.216. The Morgan fingerprint density at radius 3 is 2.48 bits per heavy atom. The third-order valence-corrected chi connectivity index (χ3v) is 6.31. The van der Waals surface area contributed by atoms with Gasteiger partial charge in [-0.1, -0.05) is 48.9 Å². The van der Waals surface area contributed by atoms with Crippen LogP contribution in [0.2, 0.25) is 5.02 Å². The fourth-order valence-electron chi connectivity index (χ4n) is 2.07. The number of sulfone groups is 1. The lowest BCUT2D eigenvalue weighted by molar-refractivity contribution is -0.111. The highest BCUT2D eigenvalue weighted by atomic mass is 35.5. The fourth-order valence-corrected chi connectivity index (χ4v) is 3.58. The molecule has 1 amide bonds. The van der Waals surface area contributed by atoms with Gasteiger partial charge in [0.15, 0.2) is 9.84 Å². The number of hydrogen-bond acceptors (Lipinski definition) is 5. The molecule has 33 heavy (non-hydrogen) atoms. The fraction of sp³-hybridized carbons (Fsp3) is 0.391. The van der Waals surface area contributed by atoms with E-state index in [4.69, 9.17) is 34.8 Å². The lowest BCUT2D eigenvalue weighted by atomic mass is 10.2. The molecule has 184 valence electrons. The summed E-state index contributed by atoms with van der Waals surface area (Å²) >= 11 is 17.4. The lowest BCUT2D eigenvalue weighted by Crippen LogP contribution is -2.26. The number of allylic oxidation sites excluding steroid dienone is 4. The molecule has 1 N–H and O–H groups in total. The lowest BCUT2D eigenvalue weighted by Gasteiger charge is -2.12. The largest absolute Gasteiger partial charge is 0.323 e. The Labute approximate surface area is 212 Å². The highest BCUT2D eigenvalue weighted by Gasteiger charge is 2.08. The number of amides is 1. The van der Waals surface area contributed by atoms with Crippen LogP contribution in [-0.4, -0.2) is 62.6 Å². The zero-order chi connectivity index (χ0) is 25.3. The normalized spacial score (nSPS) is 13.1. The van der Waals surface area contributed by atoms with E-state index in [1.165, 1.54) is 6.08 Å². The Hall–Kier alpha value is -1.64. The number of nitrogens with one attached hydrogen (secondary N) is 1. The topological polar surface area (TPSA) is 78.8 Å². The number of hydrogen-bond donors (Lipinski definition) is 1. The van der Waals surface area contributed by atoms with Crippen molar-refractivity contribution in [3.8, 4) is 0 Å². The van der Waals surface area contributed by atoms with Crippen molar-refractivity contribution in [2.24, 2.45) is 4.99 Å². The molecule has 6 nitrogen and oxygen atoms in total. The van der Waals surface area contributed by atoms with Gasteiger partial charge in [0.2, 0.25) is 5.91 Å². The Kier molecular flexibility index (Phi) is 16.9. The van der Waals surface area contributed by atoms with Crippen molar-refractivity contribution in [1.29, 1.82) is 0 Å². The highest BCUT2D eigenvalue weighted by Crippen LogP contribution is 2.13. The summed E-state index contributed by atoms with van der Waals surface area (Å²) in [5.41, 5.74) is 0.712. The number of carbonyl (C=O) groups is 1.